The van der Waals surface area contributed by atoms with Crippen LogP contribution in [-0.4, -0.2) is 43.3 Å². The van der Waals surface area contributed by atoms with Gasteiger partial charge < -0.3 is 10.5 Å². The van der Waals surface area contributed by atoms with E-state index >= 15 is 0 Å². The van der Waals surface area contributed by atoms with Crippen molar-refractivity contribution in [2.75, 3.05) is 26.3 Å². The summed E-state index contributed by atoms with van der Waals surface area (Å²) in [6.07, 6.45) is 2.47. The van der Waals surface area contributed by atoms with Gasteiger partial charge in [0.1, 0.15) is 0 Å². The van der Waals surface area contributed by atoms with Gasteiger partial charge >= 0.3 is 0 Å². The van der Waals surface area contributed by atoms with E-state index < -0.39 is 0 Å². The predicted molar refractivity (Wildman–Crippen MR) is 68.5 cm³/mol. The second-order valence-corrected chi connectivity index (χ2v) is 5.45. The third-order valence-electron chi connectivity index (χ3n) is 4.00. The largest absolute Gasteiger partial charge is 0.380 e. The number of hydrogen-bond donors (Lipinski definition) is 1. The lowest BCUT2D eigenvalue weighted by atomic mass is 9.87. The Labute approximate surface area is 100 Å². The third kappa shape index (κ3) is 3.19. The lowest BCUT2D eigenvalue weighted by Gasteiger charge is -2.34. The van der Waals surface area contributed by atoms with Crippen LogP contribution in [0.1, 0.15) is 40.5 Å². The van der Waals surface area contributed by atoms with Crippen LogP contribution < -0.4 is 5.73 Å². The van der Waals surface area contributed by atoms with E-state index in [1.54, 1.807) is 0 Å². The number of rotatable bonds is 6. The van der Waals surface area contributed by atoms with Crippen LogP contribution >= 0.6 is 0 Å². The molecule has 2 N–H and O–H groups in total. The second kappa shape index (κ2) is 5.99. The standard InChI is InChI=1S/C13H28N2O/c1-5-15(9-10-16-6-2)11-7-8-13(3,4)12(11)14/h11-12H,5-10,14H2,1-4H3. The molecule has 3 heteroatoms. The molecule has 0 aromatic rings. The lowest BCUT2D eigenvalue weighted by molar-refractivity contribution is 0.0894. The van der Waals surface area contributed by atoms with Crippen LogP contribution in [-0.2, 0) is 4.74 Å². The summed E-state index contributed by atoms with van der Waals surface area (Å²) < 4.78 is 5.43. The molecule has 0 heterocycles. The van der Waals surface area contributed by atoms with Crippen molar-refractivity contribution in [2.24, 2.45) is 11.1 Å². The van der Waals surface area contributed by atoms with Gasteiger partial charge in [0.2, 0.25) is 0 Å². The average Bonchev–Trinajstić information content (AvgIpc) is 2.51. The Morgan fingerprint density at radius 1 is 1.38 bits per heavy atom. The minimum atomic E-state index is 0.295. The smallest absolute Gasteiger partial charge is 0.0593 e. The summed E-state index contributed by atoms with van der Waals surface area (Å²) in [5.41, 5.74) is 6.65. The lowest BCUT2D eigenvalue weighted by Crippen LogP contribution is -2.50. The summed E-state index contributed by atoms with van der Waals surface area (Å²) in [4.78, 5) is 2.48. The average molecular weight is 228 g/mol. The van der Waals surface area contributed by atoms with Gasteiger partial charge in [0.25, 0.3) is 0 Å². The fourth-order valence-electron chi connectivity index (χ4n) is 2.68. The Morgan fingerprint density at radius 2 is 2.06 bits per heavy atom. The van der Waals surface area contributed by atoms with E-state index in [1.807, 2.05) is 6.92 Å². The molecule has 96 valence electrons. The Hall–Kier alpha value is -0.120. The summed E-state index contributed by atoms with van der Waals surface area (Å²) in [6.45, 7) is 12.5. The predicted octanol–water partition coefficient (Wildman–Crippen LogP) is 1.86. The first-order chi connectivity index (χ1) is 7.53. The molecular formula is C13H28N2O. The topological polar surface area (TPSA) is 38.5 Å². The maximum Gasteiger partial charge on any atom is 0.0593 e. The summed E-state index contributed by atoms with van der Waals surface area (Å²) in [5, 5.41) is 0. The molecule has 2 atom stereocenters. The summed E-state index contributed by atoms with van der Waals surface area (Å²) in [7, 11) is 0. The molecule has 2 unspecified atom stereocenters. The zero-order valence-electron chi connectivity index (χ0n) is 11.3. The van der Waals surface area contributed by atoms with Crippen LogP contribution in [0, 0.1) is 5.41 Å². The molecule has 1 fully saturated rings. The van der Waals surface area contributed by atoms with Gasteiger partial charge in [0, 0.05) is 25.2 Å². The van der Waals surface area contributed by atoms with E-state index in [0.717, 1.165) is 26.3 Å². The van der Waals surface area contributed by atoms with E-state index in [9.17, 15) is 0 Å². The Kier molecular flexibility index (Phi) is 5.22. The number of hydrogen-bond acceptors (Lipinski definition) is 3. The molecule has 0 aliphatic heterocycles. The minimum absolute atomic E-state index is 0.295. The van der Waals surface area contributed by atoms with Crippen LogP contribution in [0.3, 0.4) is 0 Å². The first-order valence-electron chi connectivity index (χ1n) is 6.60. The van der Waals surface area contributed by atoms with Crippen LogP contribution in [0.2, 0.25) is 0 Å². The monoisotopic (exact) mass is 228 g/mol. The van der Waals surface area contributed by atoms with Gasteiger partial charge in [0.05, 0.1) is 6.61 Å². The van der Waals surface area contributed by atoms with Crippen LogP contribution in [0.4, 0.5) is 0 Å². The highest BCUT2D eigenvalue weighted by molar-refractivity contribution is 4.98. The van der Waals surface area contributed by atoms with Crippen molar-refractivity contribution >= 4 is 0 Å². The molecular weight excluding hydrogens is 200 g/mol. The van der Waals surface area contributed by atoms with E-state index in [2.05, 4.69) is 25.7 Å². The van der Waals surface area contributed by atoms with Crippen LogP contribution in [0.15, 0.2) is 0 Å². The van der Waals surface area contributed by atoms with E-state index in [1.165, 1.54) is 12.8 Å². The van der Waals surface area contributed by atoms with Crippen molar-refractivity contribution in [3.8, 4) is 0 Å². The third-order valence-corrected chi connectivity index (χ3v) is 4.00. The van der Waals surface area contributed by atoms with Crippen LogP contribution in [0.25, 0.3) is 0 Å². The highest BCUT2D eigenvalue weighted by atomic mass is 16.5. The summed E-state index contributed by atoms with van der Waals surface area (Å²) >= 11 is 0. The first-order valence-corrected chi connectivity index (χ1v) is 6.60. The molecule has 0 spiro atoms. The fourth-order valence-corrected chi connectivity index (χ4v) is 2.68. The molecule has 0 saturated heterocycles. The quantitative estimate of drug-likeness (QED) is 0.705. The zero-order valence-corrected chi connectivity index (χ0v) is 11.3. The highest BCUT2D eigenvalue weighted by Gasteiger charge is 2.41. The molecule has 0 radical (unpaired) electrons. The molecule has 1 aliphatic carbocycles. The minimum Gasteiger partial charge on any atom is -0.380 e. The van der Waals surface area contributed by atoms with Gasteiger partial charge in [-0.3, -0.25) is 4.90 Å². The molecule has 16 heavy (non-hydrogen) atoms. The van der Waals surface area contributed by atoms with Gasteiger partial charge in [-0.05, 0) is 31.7 Å². The Balaban J connectivity index is 2.47. The van der Waals surface area contributed by atoms with Crippen molar-refractivity contribution in [3.05, 3.63) is 0 Å². The van der Waals surface area contributed by atoms with Crippen molar-refractivity contribution < 1.29 is 4.74 Å². The van der Waals surface area contributed by atoms with Crippen LogP contribution in [0.5, 0.6) is 0 Å². The maximum atomic E-state index is 6.35. The van der Waals surface area contributed by atoms with Crippen molar-refractivity contribution in [2.45, 2.75) is 52.6 Å². The number of ether oxygens (including phenoxy) is 1. The molecule has 0 aromatic heterocycles. The van der Waals surface area contributed by atoms with Crippen molar-refractivity contribution in [1.82, 2.24) is 4.90 Å². The number of likely N-dealkylation sites (N-methyl/N-ethyl adjacent to an activating group) is 1. The van der Waals surface area contributed by atoms with Gasteiger partial charge in [-0.2, -0.15) is 0 Å². The molecule has 0 amide bonds. The summed E-state index contributed by atoms with van der Waals surface area (Å²) in [5.74, 6) is 0. The first kappa shape index (κ1) is 13.9. The normalized spacial score (nSPS) is 28.9. The Bertz CT molecular complexity index is 206. The van der Waals surface area contributed by atoms with E-state index in [4.69, 9.17) is 10.5 Å². The summed E-state index contributed by atoms with van der Waals surface area (Å²) in [6, 6.07) is 0.842. The van der Waals surface area contributed by atoms with Gasteiger partial charge in [-0.1, -0.05) is 20.8 Å². The van der Waals surface area contributed by atoms with Gasteiger partial charge in [-0.25, -0.2) is 0 Å². The van der Waals surface area contributed by atoms with Gasteiger partial charge in [0.15, 0.2) is 0 Å². The van der Waals surface area contributed by atoms with Crippen molar-refractivity contribution in [1.29, 1.82) is 0 Å². The maximum absolute atomic E-state index is 6.35. The fraction of sp³-hybridized carbons (Fsp3) is 1.00. The molecule has 1 saturated carbocycles. The number of nitrogens with zero attached hydrogens (tertiary/aromatic N) is 1. The molecule has 3 nitrogen and oxygen atoms in total. The van der Waals surface area contributed by atoms with Gasteiger partial charge in [-0.15, -0.1) is 0 Å². The second-order valence-electron chi connectivity index (χ2n) is 5.45. The van der Waals surface area contributed by atoms with E-state index in [-0.39, 0.29) is 0 Å². The van der Waals surface area contributed by atoms with E-state index in [0.29, 0.717) is 17.5 Å². The zero-order chi connectivity index (χ0) is 12.2. The molecule has 1 aliphatic rings. The number of nitrogens with two attached hydrogens (primary N) is 1. The molecule has 1 rings (SSSR count). The molecule has 0 aromatic carbocycles. The highest BCUT2D eigenvalue weighted by Crippen LogP contribution is 2.38. The SMILES string of the molecule is CCOCCN(CC)C1CCC(C)(C)C1N. The van der Waals surface area contributed by atoms with Crippen molar-refractivity contribution in [3.63, 3.8) is 0 Å². The molecule has 0 bridgehead atoms. The Morgan fingerprint density at radius 3 is 2.50 bits per heavy atom.